The monoisotopic (exact) mass is 375 g/mol. The smallest absolute Gasteiger partial charge is 0.408 e. The third-order valence-corrected chi connectivity index (χ3v) is 4.26. The molecule has 1 aliphatic rings. The second kappa shape index (κ2) is 7.08. The summed E-state index contributed by atoms with van der Waals surface area (Å²) in [5.74, 6) is -5.27. The number of nitrogens with one attached hydrogen (secondary N) is 1. The number of amides is 1. The van der Waals surface area contributed by atoms with E-state index in [0.29, 0.717) is 6.92 Å². The van der Waals surface area contributed by atoms with Gasteiger partial charge in [-0.05, 0) is 26.8 Å². The average molecular weight is 375 g/mol. The average Bonchev–Trinajstić information content (AvgIpc) is 2.84. The summed E-state index contributed by atoms with van der Waals surface area (Å²) in [7, 11) is 0. The summed E-state index contributed by atoms with van der Waals surface area (Å²) in [4.78, 5) is 12.3. The standard InChI is InChI=1S/C18H24F3NO4/c1-16(2,3)26-15(24)22-18(11-7-5-6-8-13(11)19)10-25-14(12(18)9-23)17(4,20)21/h5-8,12,14,23H,9-10H2,1-4H3,(H,22,24)/t12-,14+,18-/m1/s1. The van der Waals surface area contributed by atoms with Crippen molar-refractivity contribution in [2.45, 2.75) is 50.9 Å². The lowest BCUT2D eigenvalue weighted by Gasteiger charge is -2.37. The van der Waals surface area contributed by atoms with Crippen LogP contribution in [-0.4, -0.2) is 42.0 Å². The molecule has 1 fully saturated rings. The number of aliphatic hydroxyl groups excluding tert-OH is 1. The summed E-state index contributed by atoms with van der Waals surface area (Å²) in [5.41, 5.74) is -2.58. The van der Waals surface area contributed by atoms with Crippen LogP contribution in [-0.2, 0) is 15.0 Å². The van der Waals surface area contributed by atoms with Crippen LogP contribution in [0.3, 0.4) is 0 Å². The molecule has 1 aromatic rings. The molecule has 0 bridgehead atoms. The Morgan fingerprint density at radius 1 is 1.35 bits per heavy atom. The molecule has 0 saturated carbocycles. The van der Waals surface area contributed by atoms with E-state index in [-0.39, 0.29) is 5.56 Å². The molecule has 1 aromatic carbocycles. The minimum Gasteiger partial charge on any atom is -0.444 e. The number of alkyl halides is 2. The van der Waals surface area contributed by atoms with Crippen LogP contribution in [0.25, 0.3) is 0 Å². The van der Waals surface area contributed by atoms with Crippen LogP contribution < -0.4 is 5.32 Å². The van der Waals surface area contributed by atoms with Crippen molar-refractivity contribution >= 4 is 6.09 Å². The number of halogens is 3. The van der Waals surface area contributed by atoms with E-state index in [4.69, 9.17) is 9.47 Å². The summed E-state index contributed by atoms with van der Waals surface area (Å²) in [6.07, 6.45) is -2.61. The molecule has 2 N–H and O–H groups in total. The molecule has 5 nitrogen and oxygen atoms in total. The lowest BCUT2D eigenvalue weighted by molar-refractivity contribution is -0.121. The first-order valence-electron chi connectivity index (χ1n) is 8.27. The molecule has 2 rings (SSSR count). The van der Waals surface area contributed by atoms with Crippen LogP contribution in [0.5, 0.6) is 0 Å². The molecular weight excluding hydrogens is 351 g/mol. The Morgan fingerprint density at radius 2 is 1.96 bits per heavy atom. The lowest BCUT2D eigenvalue weighted by Crippen LogP contribution is -2.56. The van der Waals surface area contributed by atoms with Crippen LogP contribution in [0, 0.1) is 11.7 Å². The number of hydrogen-bond donors (Lipinski definition) is 2. The summed E-state index contributed by atoms with van der Waals surface area (Å²) >= 11 is 0. The third-order valence-electron chi connectivity index (χ3n) is 4.26. The van der Waals surface area contributed by atoms with Crippen molar-refractivity contribution in [2.75, 3.05) is 13.2 Å². The molecular formula is C18H24F3NO4. The predicted molar refractivity (Wildman–Crippen MR) is 88.4 cm³/mol. The maximum Gasteiger partial charge on any atom is 0.408 e. The van der Waals surface area contributed by atoms with Gasteiger partial charge in [0.1, 0.15) is 23.1 Å². The van der Waals surface area contributed by atoms with E-state index >= 15 is 0 Å². The van der Waals surface area contributed by atoms with E-state index in [0.717, 1.165) is 6.07 Å². The van der Waals surface area contributed by atoms with E-state index < -0.39 is 54.2 Å². The Balaban J connectivity index is 2.50. The van der Waals surface area contributed by atoms with Crippen molar-refractivity contribution < 1.29 is 32.5 Å². The molecule has 1 amide bonds. The van der Waals surface area contributed by atoms with Gasteiger partial charge in [-0.2, -0.15) is 0 Å². The lowest BCUT2D eigenvalue weighted by atomic mass is 9.76. The van der Waals surface area contributed by atoms with E-state index in [2.05, 4.69) is 5.32 Å². The largest absolute Gasteiger partial charge is 0.444 e. The summed E-state index contributed by atoms with van der Waals surface area (Å²) in [6, 6.07) is 5.48. The summed E-state index contributed by atoms with van der Waals surface area (Å²) in [5, 5.41) is 12.3. The van der Waals surface area contributed by atoms with Gasteiger partial charge in [-0.1, -0.05) is 18.2 Å². The van der Waals surface area contributed by atoms with Crippen LogP contribution in [0.15, 0.2) is 24.3 Å². The summed E-state index contributed by atoms with van der Waals surface area (Å²) in [6.45, 7) is 4.41. The number of carbonyl (C=O) groups is 1. The number of alkyl carbamates (subject to hydrolysis) is 1. The molecule has 0 unspecified atom stereocenters. The van der Waals surface area contributed by atoms with Crippen molar-refractivity contribution in [3.8, 4) is 0 Å². The SMILES string of the molecule is CC(C)(C)OC(=O)N[C@@]1(c2ccccc2F)CO[C@H](C(C)(F)F)[C@H]1CO. The highest BCUT2D eigenvalue weighted by molar-refractivity contribution is 5.69. The first-order valence-corrected chi connectivity index (χ1v) is 8.27. The van der Waals surface area contributed by atoms with Gasteiger partial charge in [0.2, 0.25) is 0 Å². The second-order valence-corrected chi connectivity index (χ2v) is 7.56. The Morgan fingerprint density at radius 3 is 2.46 bits per heavy atom. The summed E-state index contributed by atoms with van der Waals surface area (Å²) < 4.78 is 52.8. The molecule has 1 heterocycles. The maximum absolute atomic E-state index is 14.5. The fourth-order valence-electron chi connectivity index (χ4n) is 3.24. The van der Waals surface area contributed by atoms with Gasteiger partial charge in [0.15, 0.2) is 0 Å². The van der Waals surface area contributed by atoms with Crippen molar-refractivity contribution in [1.29, 1.82) is 0 Å². The topological polar surface area (TPSA) is 67.8 Å². The van der Waals surface area contributed by atoms with Crippen molar-refractivity contribution in [1.82, 2.24) is 5.32 Å². The van der Waals surface area contributed by atoms with Crippen LogP contribution in [0.4, 0.5) is 18.0 Å². The fourth-order valence-corrected chi connectivity index (χ4v) is 3.24. The molecule has 0 spiro atoms. The molecule has 1 saturated heterocycles. The molecule has 8 heteroatoms. The van der Waals surface area contributed by atoms with Gasteiger partial charge in [0.05, 0.1) is 13.2 Å². The third kappa shape index (κ3) is 4.12. The van der Waals surface area contributed by atoms with Gasteiger partial charge in [-0.15, -0.1) is 0 Å². The first kappa shape index (κ1) is 20.5. The normalized spacial score (nSPS) is 26.6. The minimum absolute atomic E-state index is 0.0448. The quantitative estimate of drug-likeness (QED) is 0.848. The molecule has 3 atom stereocenters. The first-order chi connectivity index (χ1) is 11.9. The molecule has 0 aromatic heterocycles. The van der Waals surface area contributed by atoms with Gasteiger partial charge in [-0.3, -0.25) is 0 Å². The van der Waals surface area contributed by atoms with E-state index in [9.17, 15) is 23.1 Å². The Hall–Kier alpha value is -1.80. The van der Waals surface area contributed by atoms with Gasteiger partial charge in [0.25, 0.3) is 5.92 Å². The minimum atomic E-state index is -3.30. The molecule has 1 aliphatic heterocycles. The molecule has 0 radical (unpaired) electrons. The Kier molecular flexibility index (Phi) is 5.58. The Bertz CT molecular complexity index is 657. The number of aliphatic hydroxyl groups is 1. The zero-order valence-electron chi connectivity index (χ0n) is 15.2. The van der Waals surface area contributed by atoms with Crippen LogP contribution >= 0.6 is 0 Å². The van der Waals surface area contributed by atoms with E-state index in [1.54, 1.807) is 20.8 Å². The number of hydrogen-bond acceptors (Lipinski definition) is 4. The van der Waals surface area contributed by atoms with Crippen molar-refractivity contribution in [3.63, 3.8) is 0 Å². The predicted octanol–water partition coefficient (Wildman–Crippen LogP) is 3.21. The zero-order valence-corrected chi connectivity index (χ0v) is 15.2. The maximum atomic E-state index is 14.5. The number of rotatable bonds is 4. The highest BCUT2D eigenvalue weighted by Crippen LogP contribution is 2.45. The van der Waals surface area contributed by atoms with Crippen LogP contribution in [0.1, 0.15) is 33.3 Å². The molecule has 26 heavy (non-hydrogen) atoms. The van der Waals surface area contributed by atoms with Gasteiger partial charge in [0, 0.05) is 18.4 Å². The number of carbonyl (C=O) groups excluding carboxylic acids is 1. The van der Waals surface area contributed by atoms with Gasteiger partial charge < -0.3 is 19.9 Å². The Labute approximate surface area is 150 Å². The van der Waals surface area contributed by atoms with E-state index in [1.165, 1.54) is 18.2 Å². The van der Waals surface area contributed by atoms with Crippen molar-refractivity contribution in [3.05, 3.63) is 35.6 Å². The molecule has 146 valence electrons. The molecule has 0 aliphatic carbocycles. The highest BCUT2D eigenvalue weighted by Gasteiger charge is 2.59. The van der Waals surface area contributed by atoms with Gasteiger partial charge in [-0.25, -0.2) is 18.0 Å². The fraction of sp³-hybridized carbons (Fsp3) is 0.611. The number of ether oxygens (including phenoxy) is 2. The highest BCUT2D eigenvalue weighted by atomic mass is 19.3. The van der Waals surface area contributed by atoms with E-state index in [1.807, 2.05) is 0 Å². The zero-order chi connectivity index (χ0) is 19.8. The second-order valence-electron chi connectivity index (χ2n) is 7.56. The van der Waals surface area contributed by atoms with Crippen molar-refractivity contribution in [2.24, 2.45) is 5.92 Å². The van der Waals surface area contributed by atoms with Crippen LogP contribution in [0.2, 0.25) is 0 Å². The number of benzene rings is 1. The van der Waals surface area contributed by atoms with Gasteiger partial charge >= 0.3 is 6.09 Å².